The molecule has 1 aromatic heterocycles. The van der Waals surface area contributed by atoms with E-state index in [9.17, 15) is 9.59 Å². The average Bonchev–Trinajstić information content (AvgIpc) is 2.48. The lowest BCUT2D eigenvalue weighted by Gasteiger charge is -2.24. The van der Waals surface area contributed by atoms with E-state index in [2.05, 4.69) is 15.3 Å². The molecule has 1 aliphatic rings. The molecule has 0 fully saturated rings. The Morgan fingerprint density at radius 2 is 2.22 bits per heavy atom. The van der Waals surface area contributed by atoms with Gasteiger partial charge in [-0.05, 0) is 24.6 Å². The van der Waals surface area contributed by atoms with Crippen LogP contribution in [0, 0.1) is 0 Å². The monoisotopic (exact) mass is 334 g/mol. The molecule has 8 heteroatoms. The number of anilines is 2. The van der Waals surface area contributed by atoms with Crippen LogP contribution >= 0.6 is 11.6 Å². The summed E-state index contributed by atoms with van der Waals surface area (Å²) in [6.45, 7) is 2.36. The second kappa shape index (κ2) is 5.92. The van der Waals surface area contributed by atoms with Gasteiger partial charge in [-0.2, -0.15) is 4.98 Å². The third kappa shape index (κ3) is 2.87. The van der Waals surface area contributed by atoms with E-state index in [0.717, 1.165) is 5.56 Å². The lowest BCUT2D eigenvalue weighted by atomic mass is 9.87. The maximum absolute atomic E-state index is 12.2. The van der Waals surface area contributed by atoms with E-state index >= 15 is 0 Å². The van der Waals surface area contributed by atoms with Crippen LogP contribution in [0.5, 0.6) is 5.75 Å². The third-order valence-electron chi connectivity index (χ3n) is 3.63. The minimum Gasteiger partial charge on any atom is -0.492 e. The van der Waals surface area contributed by atoms with E-state index in [1.165, 1.54) is 0 Å². The second-order valence-corrected chi connectivity index (χ2v) is 5.55. The van der Waals surface area contributed by atoms with E-state index in [0.29, 0.717) is 22.9 Å². The molecule has 1 atom stereocenters. The van der Waals surface area contributed by atoms with E-state index in [1.807, 2.05) is 6.92 Å². The zero-order valence-electron chi connectivity index (χ0n) is 12.4. The zero-order chi connectivity index (χ0) is 16.6. The third-order valence-corrected chi connectivity index (χ3v) is 3.92. The highest BCUT2D eigenvalue weighted by atomic mass is 35.5. The van der Waals surface area contributed by atoms with Gasteiger partial charge in [0.05, 0.1) is 17.2 Å². The van der Waals surface area contributed by atoms with Crippen LogP contribution in [0.15, 0.2) is 23.0 Å². The molecule has 1 aromatic carbocycles. The first-order valence-corrected chi connectivity index (χ1v) is 7.49. The number of rotatable bonds is 3. The Bertz CT molecular complexity index is 834. The number of hydrogen-bond donors (Lipinski definition) is 3. The molecule has 0 spiro atoms. The summed E-state index contributed by atoms with van der Waals surface area (Å²) in [5.74, 6) is 0.0356. The van der Waals surface area contributed by atoms with Crippen LogP contribution in [0.1, 0.15) is 30.4 Å². The number of ether oxygens (including phenoxy) is 1. The van der Waals surface area contributed by atoms with Gasteiger partial charge < -0.3 is 15.8 Å². The number of fused-ring (bicyclic) bond motifs is 1. The molecule has 23 heavy (non-hydrogen) atoms. The Kier molecular flexibility index (Phi) is 3.96. The Balaban J connectivity index is 2.10. The Morgan fingerprint density at radius 3 is 2.91 bits per heavy atom. The number of nitrogens with one attached hydrogen (secondary N) is 2. The standard InChI is InChI=1S/C15H15ClN4O3/c1-2-23-10-4-3-7(5-9(10)16)8-6-11(21)18-13-12(8)14(22)20-15(17)19-13/h3-5,8H,2,6H2,1H3,(H4,17,18,19,20,21,22). The summed E-state index contributed by atoms with van der Waals surface area (Å²) in [6, 6.07) is 5.22. The molecular weight excluding hydrogens is 320 g/mol. The molecule has 1 amide bonds. The predicted octanol–water partition coefficient (Wildman–Crippen LogP) is 1.88. The highest BCUT2D eigenvalue weighted by Gasteiger charge is 2.31. The number of aromatic nitrogens is 2. The molecule has 1 unspecified atom stereocenters. The van der Waals surface area contributed by atoms with Gasteiger partial charge in [-0.15, -0.1) is 0 Å². The maximum Gasteiger partial charge on any atom is 0.258 e. The summed E-state index contributed by atoms with van der Waals surface area (Å²) in [5.41, 5.74) is 6.28. The summed E-state index contributed by atoms with van der Waals surface area (Å²) >= 11 is 6.21. The van der Waals surface area contributed by atoms with Crippen LogP contribution in [-0.2, 0) is 4.79 Å². The molecule has 0 radical (unpaired) electrons. The highest BCUT2D eigenvalue weighted by molar-refractivity contribution is 6.32. The van der Waals surface area contributed by atoms with Crippen LogP contribution in [0.25, 0.3) is 0 Å². The number of halogens is 1. The van der Waals surface area contributed by atoms with Gasteiger partial charge in [0.1, 0.15) is 11.6 Å². The van der Waals surface area contributed by atoms with Gasteiger partial charge in [-0.1, -0.05) is 17.7 Å². The lowest BCUT2D eigenvalue weighted by molar-refractivity contribution is -0.116. The average molecular weight is 335 g/mol. The molecule has 7 nitrogen and oxygen atoms in total. The van der Waals surface area contributed by atoms with Crippen molar-refractivity contribution >= 4 is 29.3 Å². The van der Waals surface area contributed by atoms with Gasteiger partial charge in [-0.25, -0.2) is 0 Å². The van der Waals surface area contributed by atoms with Crippen molar-refractivity contribution in [3.8, 4) is 5.75 Å². The Labute approximate surface area is 136 Å². The number of nitrogens with zero attached hydrogens (tertiary/aromatic N) is 1. The van der Waals surface area contributed by atoms with Gasteiger partial charge in [0, 0.05) is 12.3 Å². The number of nitrogens with two attached hydrogens (primary N) is 1. The minimum atomic E-state index is -0.441. The first kappa shape index (κ1) is 15.4. The fourth-order valence-electron chi connectivity index (χ4n) is 2.68. The van der Waals surface area contributed by atoms with Gasteiger partial charge in [0.15, 0.2) is 0 Å². The van der Waals surface area contributed by atoms with Gasteiger partial charge in [0.25, 0.3) is 5.56 Å². The number of H-pyrrole nitrogens is 1. The summed E-state index contributed by atoms with van der Waals surface area (Å²) in [6.07, 6.45) is 0.131. The fraction of sp³-hybridized carbons (Fsp3) is 0.267. The molecule has 2 heterocycles. The maximum atomic E-state index is 12.2. The molecule has 0 bridgehead atoms. The van der Waals surface area contributed by atoms with Crippen LogP contribution in [-0.4, -0.2) is 22.5 Å². The van der Waals surface area contributed by atoms with Crippen LogP contribution in [0.4, 0.5) is 11.8 Å². The summed E-state index contributed by atoms with van der Waals surface area (Å²) in [5, 5.41) is 3.01. The van der Waals surface area contributed by atoms with Crippen molar-refractivity contribution in [3.05, 3.63) is 44.7 Å². The predicted molar refractivity (Wildman–Crippen MR) is 87.0 cm³/mol. The van der Waals surface area contributed by atoms with E-state index in [-0.39, 0.29) is 29.7 Å². The number of nitrogen functional groups attached to an aromatic ring is 1. The minimum absolute atomic E-state index is 0.0422. The van der Waals surface area contributed by atoms with E-state index in [4.69, 9.17) is 22.1 Å². The first-order valence-electron chi connectivity index (χ1n) is 7.11. The second-order valence-electron chi connectivity index (χ2n) is 5.14. The number of aromatic amines is 1. The van der Waals surface area contributed by atoms with Gasteiger partial charge in [-0.3, -0.25) is 14.6 Å². The smallest absolute Gasteiger partial charge is 0.258 e. The zero-order valence-corrected chi connectivity index (χ0v) is 13.1. The SMILES string of the molecule is CCOc1ccc(C2CC(=O)Nc3nc(N)[nH]c(=O)c32)cc1Cl. The molecule has 1 aliphatic heterocycles. The molecule has 0 aliphatic carbocycles. The van der Waals surface area contributed by atoms with Crippen molar-refractivity contribution in [2.24, 2.45) is 0 Å². The lowest BCUT2D eigenvalue weighted by Crippen LogP contribution is -2.31. The summed E-state index contributed by atoms with van der Waals surface area (Å²) < 4.78 is 5.40. The van der Waals surface area contributed by atoms with Crippen LogP contribution in [0.2, 0.25) is 5.02 Å². The van der Waals surface area contributed by atoms with Gasteiger partial charge >= 0.3 is 0 Å². The molecule has 120 valence electrons. The number of carbonyl (C=O) groups excluding carboxylic acids is 1. The first-order chi connectivity index (χ1) is 11.0. The molecular formula is C15H15ClN4O3. The van der Waals surface area contributed by atoms with Crippen molar-refractivity contribution in [1.82, 2.24) is 9.97 Å². The summed E-state index contributed by atoms with van der Waals surface area (Å²) in [4.78, 5) is 30.6. The molecule has 0 saturated carbocycles. The van der Waals surface area contributed by atoms with Crippen molar-refractivity contribution in [3.63, 3.8) is 0 Å². The number of carbonyl (C=O) groups is 1. The van der Waals surface area contributed by atoms with Crippen molar-refractivity contribution < 1.29 is 9.53 Å². The van der Waals surface area contributed by atoms with Crippen molar-refractivity contribution in [2.45, 2.75) is 19.3 Å². The van der Waals surface area contributed by atoms with Crippen LogP contribution < -0.4 is 21.3 Å². The van der Waals surface area contributed by atoms with E-state index < -0.39 is 5.92 Å². The molecule has 0 saturated heterocycles. The summed E-state index contributed by atoms with van der Waals surface area (Å²) in [7, 11) is 0. The van der Waals surface area contributed by atoms with Crippen molar-refractivity contribution in [2.75, 3.05) is 17.7 Å². The normalized spacial score (nSPS) is 16.6. The molecule has 3 rings (SSSR count). The highest BCUT2D eigenvalue weighted by Crippen LogP contribution is 2.37. The molecule has 2 aromatic rings. The molecule has 4 N–H and O–H groups in total. The number of benzene rings is 1. The quantitative estimate of drug-likeness (QED) is 0.793. The Morgan fingerprint density at radius 1 is 1.43 bits per heavy atom. The largest absolute Gasteiger partial charge is 0.492 e. The number of hydrogen-bond acceptors (Lipinski definition) is 5. The van der Waals surface area contributed by atoms with Crippen LogP contribution in [0.3, 0.4) is 0 Å². The van der Waals surface area contributed by atoms with Crippen molar-refractivity contribution in [1.29, 1.82) is 0 Å². The fourth-order valence-corrected chi connectivity index (χ4v) is 2.92. The van der Waals surface area contributed by atoms with E-state index in [1.54, 1.807) is 18.2 Å². The van der Waals surface area contributed by atoms with Gasteiger partial charge in [0.2, 0.25) is 11.9 Å². The number of amides is 1. The topological polar surface area (TPSA) is 110 Å². The Hall–Kier alpha value is -2.54.